The first kappa shape index (κ1) is 33.8. The van der Waals surface area contributed by atoms with E-state index < -0.39 is 0 Å². The molecular weight excluding hydrogens is 657 g/mol. The van der Waals surface area contributed by atoms with E-state index in [1.807, 2.05) is 55.3 Å². The molecule has 0 bridgehead atoms. The Morgan fingerprint density at radius 3 is 2.53 bits per heavy atom. The van der Waals surface area contributed by atoms with Gasteiger partial charge in [-0.15, -0.1) is 0 Å². The number of aryl methyl sites for hydroxylation is 1. The smallest absolute Gasteiger partial charge is 0.228 e. The van der Waals surface area contributed by atoms with E-state index in [1.54, 1.807) is 0 Å². The highest BCUT2D eigenvalue weighted by molar-refractivity contribution is 6.37. The maximum absolute atomic E-state index is 14.3. The van der Waals surface area contributed by atoms with Crippen molar-refractivity contribution in [3.8, 4) is 5.75 Å². The molecule has 0 radical (unpaired) electrons. The maximum Gasteiger partial charge on any atom is 0.228 e. The number of piperidine rings is 1. The molecule has 1 saturated carbocycles. The van der Waals surface area contributed by atoms with Gasteiger partial charge in [0.1, 0.15) is 11.9 Å². The normalized spacial score (nSPS) is 21.0. The number of amides is 2. The molecule has 2 aliphatic heterocycles. The highest BCUT2D eigenvalue weighted by Crippen LogP contribution is 2.38. The molecule has 3 fully saturated rings. The Kier molecular flexibility index (Phi) is 10.8. The van der Waals surface area contributed by atoms with Crippen LogP contribution in [-0.4, -0.2) is 60.0 Å². The first-order chi connectivity index (χ1) is 22.7. The van der Waals surface area contributed by atoms with Gasteiger partial charge in [0.05, 0.1) is 22.5 Å². The van der Waals surface area contributed by atoms with Crippen LogP contribution in [0.25, 0.3) is 0 Å². The fraction of sp³-hybridized carbons (Fsp3) is 0.472. The van der Waals surface area contributed by atoms with Crippen LogP contribution in [0.2, 0.25) is 15.1 Å². The Morgan fingerprint density at radius 2 is 1.83 bits per heavy atom. The van der Waals surface area contributed by atoms with Crippen LogP contribution in [0.15, 0.2) is 48.7 Å². The highest BCUT2D eigenvalue weighted by Gasteiger charge is 2.40. The SMILES string of the molecule is CCC(=O)NCc1ccc(Cl)c(CN(C(=O)[C@H]2CNCC[C@@H]2c2ccc(N3CC[C@@H](Oc4c(Cl)cc(C)cc4Cl)C3)nc2)C2CC2)c1. The molecule has 3 aliphatic rings. The standard InChI is InChI=1S/C36H42Cl3N5O3/c1-3-34(45)42-17-23-4-8-30(37)25(16-23)20-44(26-6-7-26)36(46)29-19-40-12-10-28(29)24-5-9-33(41-18-24)43-13-11-27(21-43)47-35-31(38)14-22(2)15-32(35)39/h4-5,8-9,14-16,18,26-29,40H,3,6-7,10-13,17,19-21H2,1-2H3,(H,42,45)/t27-,28-,29+/m1/s1. The minimum Gasteiger partial charge on any atom is -0.485 e. The molecule has 47 heavy (non-hydrogen) atoms. The first-order valence-electron chi connectivity index (χ1n) is 16.6. The number of hydrogen-bond donors (Lipinski definition) is 2. The summed E-state index contributed by atoms with van der Waals surface area (Å²) in [5.41, 5.74) is 3.95. The second-order valence-electron chi connectivity index (χ2n) is 12.9. The van der Waals surface area contributed by atoms with Gasteiger partial charge >= 0.3 is 0 Å². The van der Waals surface area contributed by atoms with Crippen LogP contribution in [0.5, 0.6) is 5.75 Å². The van der Waals surface area contributed by atoms with Gasteiger partial charge in [0.2, 0.25) is 11.8 Å². The van der Waals surface area contributed by atoms with Crippen molar-refractivity contribution in [3.05, 3.63) is 86.0 Å². The minimum atomic E-state index is -0.198. The van der Waals surface area contributed by atoms with Crippen LogP contribution in [0.1, 0.15) is 67.2 Å². The first-order valence-corrected chi connectivity index (χ1v) is 17.7. The van der Waals surface area contributed by atoms with E-state index in [0.717, 1.165) is 66.8 Å². The van der Waals surface area contributed by atoms with Gasteiger partial charge in [-0.1, -0.05) is 59.9 Å². The molecule has 0 unspecified atom stereocenters. The van der Waals surface area contributed by atoms with E-state index in [1.165, 1.54) is 0 Å². The Labute approximate surface area is 292 Å². The largest absolute Gasteiger partial charge is 0.485 e. The number of nitrogens with one attached hydrogen (secondary N) is 2. The molecule has 0 spiro atoms. The monoisotopic (exact) mass is 697 g/mol. The van der Waals surface area contributed by atoms with Crippen molar-refractivity contribution in [2.24, 2.45) is 5.92 Å². The summed E-state index contributed by atoms with van der Waals surface area (Å²) in [5, 5.41) is 8.07. The predicted octanol–water partition coefficient (Wildman–Crippen LogP) is 6.92. The molecule has 2 aromatic carbocycles. The zero-order chi connectivity index (χ0) is 33.1. The van der Waals surface area contributed by atoms with Gasteiger partial charge in [-0.25, -0.2) is 4.98 Å². The molecule has 3 heterocycles. The number of nitrogens with zero attached hydrogens (tertiary/aromatic N) is 3. The molecule has 1 aromatic heterocycles. The van der Waals surface area contributed by atoms with Crippen LogP contribution < -0.4 is 20.3 Å². The van der Waals surface area contributed by atoms with E-state index in [0.29, 0.717) is 53.4 Å². The zero-order valence-corrected chi connectivity index (χ0v) is 29.2. The van der Waals surface area contributed by atoms with E-state index in [-0.39, 0.29) is 35.8 Å². The summed E-state index contributed by atoms with van der Waals surface area (Å²) >= 11 is 19.5. The predicted molar refractivity (Wildman–Crippen MR) is 188 cm³/mol. The van der Waals surface area contributed by atoms with Gasteiger partial charge in [-0.2, -0.15) is 0 Å². The molecule has 8 nitrogen and oxygen atoms in total. The number of pyridine rings is 1. The van der Waals surface area contributed by atoms with Crippen molar-refractivity contribution in [1.82, 2.24) is 20.5 Å². The maximum atomic E-state index is 14.3. The number of benzene rings is 2. The fourth-order valence-electron chi connectivity index (χ4n) is 6.67. The van der Waals surface area contributed by atoms with E-state index in [4.69, 9.17) is 44.5 Å². The van der Waals surface area contributed by atoms with Crippen molar-refractivity contribution < 1.29 is 14.3 Å². The lowest BCUT2D eigenvalue weighted by atomic mass is 9.80. The van der Waals surface area contributed by atoms with Crippen molar-refractivity contribution in [3.63, 3.8) is 0 Å². The number of halogens is 3. The molecule has 2 N–H and O–H groups in total. The van der Waals surface area contributed by atoms with Gasteiger partial charge in [-0.3, -0.25) is 9.59 Å². The van der Waals surface area contributed by atoms with Gasteiger partial charge in [-0.05, 0) is 85.2 Å². The summed E-state index contributed by atoms with van der Waals surface area (Å²) in [4.78, 5) is 35.2. The van der Waals surface area contributed by atoms with Crippen LogP contribution in [0, 0.1) is 12.8 Å². The third-order valence-corrected chi connectivity index (χ3v) is 10.4. The van der Waals surface area contributed by atoms with Crippen LogP contribution in [0.3, 0.4) is 0 Å². The topological polar surface area (TPSA) is 86.8 Å². The number of hydrogen-bond acceptors (Lipinski definition) is 6. The van der Waals surface area contributed by atoms with Crippen molar-refractivity contribution in [2.75, 3.05) is 31.1 Å². The lowest BCUT2D eigenvalue weighted by Gasteiger charge is -2.36. The molecule has 2 amide bonds. The van der Waals surface area contributed by atoms with E-state index in [2.05, 4.69) is 27.7 Å². The van der Waals surface area contributed by atoms with Gasteiger partial charge in [0.15, 0.2) is 5.75 Å². The number of rotatable bonds is 11. The lowest BCUT2D eigenvalue weighted by Crippen LogP contribution is -2.47. The van der Waals surface area contributed by atoms with Gasteiger partial charge in [0.25, 0.3) is 0 Å². The highest BCUT2D eigenvalue weighted by atomic mass is 35.5. The van der Waals surface area contributed by atoms with E-state index in [9.17, 15) is 9.59 Å². The summed E-state index contributed by atoms with van der Waals surface area (Å²) in [6, 6.07) is 13.9. The summed E-state index contributed by atoms with van der Waals surface area (Å²) in [7, 11) is 0. The molecule has 250 valence electrons. The van der Waals surface area contributed by atoms with Crippen LogP contribution >= 0.6 is 34.8 Å². The summed E-state index contributed by atoms with van der Waals surface area (Å²) in [5.74, 6) is 1.45. The summed E-state index contributed by atoms with van der Waals surface area (Å²) in [6.45, 7) is 7.66. The lowest BCUT2D eigenvalue weighted by molar-refractivity contribution is -0.138. The summed E-state index contributed by atoms with van der Waals surface area (Å²) < 4.78 is 6.22. The molecule has 3 aromatic rings. The molecular formula is C36H42Cl3N5O3. The second-order valence-corrected chi connectivity index (χ2v) is 14.2. The Balaban J connectivity index is 1.12. The number of ether oxygens (including phenoxy) is 1. The average molecular weight is 699 g/mol. The number of anilines is 1. The number of aromatic nitrogens is 1. The van der Waals surface area contributed by atoms with E-state index >= 15 is 0 Å². The number of carbonyl (C=O) groups is 2. The Morgan fingerprint density at radius 1 is 1.04 bits per heavy atom. The van der Waals surface area contributed by atoms with Crippen LogP contribution in [0.4, 0.5) is 5.82 Å². The van der Waals surface area contributed by atoms with Crippen molar-refractivity contribution in [2.45, 2.75) is 77.1 Å². The molecule has 3 atom stereocenters. The molecule has 11 heteroatoms. The van der Waals surface area contributed by atoms with Crippen molar-refractivity contribution in [1.29, 1.82) is 0 Å². The Hall–Kier alpha value is -3.04. The third kappa shape index (κ3) is 8.16. The molecule has 6 rings (SSSR count). The third-order valence-electron chi connectivity index (χ3n) is 9.43. The number of carbonyl (C=O) groups excluding carboxylic acids is 2. The zero-order valence-electron chi connectivity index (χ0n) is 26.9. The fourth-order valence-corrected chi connectivity index (χ4v) is 7.54. The van der Waals surface area contributed by atoms with Gasteiger partial charge < -0.3 is 25.2 Å². The van der Waals surface area contributed by atoms with Gasteiger partial charge in [0, 0.05) is 56.3 Å². The Bertz CT molecular complexity index is 1580. The second kappa shape index (κ2) is 15.0. The minimum absolute atomic E-state index is 0.00197. The average Bonchev–Trinajstić information content (AvgIpc) is 3.81. The molecule has 2 saturated heterocycles. The quantitative estimate of drug-likeness (QED) is 0.226. The molecule has 1 aliphatic carbocycles. The van der Waals surface area contributed by atoms with Crippen LogP contribution in [-0.2, 0) is 22.7 Å². The van der Waals surface area contributed by atoms with Crippen molar-refractivity contribution >= 4 is 52.4 Å². The summed E-state index contributed by atoms with van der Waals surface area (Å²) in [6.07, 6.45) is 6.04.